The number of anilines is 1. The molecule has 2 N–H and O–H groups in total. The summed E-state index contributed by atoms with van der Waals surface area (Å²) < 4.78 is 15.4. The molecule has 1 aromatic heterocycles. The zero-order valence-electron chi connectivity index (χ0n) is 10.9. The number of aryl methyl sites for hydroxylation is 1. The molecule has 1 heterocycles. The Morgan fingerprint density at radius 2 is 2.05 bits per heavy atom. The minimum Gasteiger partial charge on any atom is -0.399 e. The van der Waals surface area contributed by atoms with Crippen molar-refractivity contribution in [1.29, 1.82) is 0 Å². The van der Waals surface area contributed by atoms with Crippen molar-refractivity contribution in [1.82, 2.24) is 9.55 Å². The molecule has 0 aliphatic carbocycles. The van der Waals surface area contributed by atoms with Crippen molar-refractivity contribution >= 4 is 28.3 Å². The average molecular weight is 290 g/mol. The lowest BCUT2D eigenvalue weighted by atomic mass is 10.2. The van der Waals surface area contributed by atoms with Crippen LogP contribution in [0, 0.1) is 5.82 Å². The number of hydrogen-bond donors (Lipinski definition) is 1. The molecule has 0 radical (unpaired) electrons. The van der Waals surface area contributed by atoms with Crippen LogP contribution in [0.4, 0.5) is 10.1 Å². The summed E-state index contributed by atoms with van der Waals surface area (Å²) in [6.45, 7) is 2.66. The molecular formula is C15H13ClFN3. The second-order valence-corrected chi connectivity index (χ2v) is 4.96. The molecule has 0 unspecified atom stereocenters. The number of benzene rings is 2. The molecule has 0 amide bonds. The molecule has 5 heteroatoms. The molecule has 0 spiro atoms. The Kier molecular flexibility index (Phi) is 3.10. The second kappa shape index (κ2) is 4.80. The molecular weight excluding hydrogens is 277 g/mol. The highest BCUT2D eigenvalue weighted by Crippen LogP contribution is 2.31. The van der Waals surface area contributed by atoms with Crippen molar-refractivity contribution in [2.24, 2.45) is 0 Å². The third-order valence-corrected chi connectivity index (χ3v) is 3.57. The van der Waals surface area contributed by atoms with E-state index in [0.717, 1.165) is 22.4 Å². The molecule has 0 bridgehead atoms. The standard InChI is InChI=1S/C15H13ClFN3/c1-2-20-14-7-9(17)3-6-13(14)19-15(20)11-5-4-10(18)8-12(11)16/h3-8H,2,18H2,1H3. The van der Waals surface area contributed by atoms with Crippen LogP contribution in [-0.4, -0.2) is 9.55 Å². The Hall–Kier alpha value is -2.07. The van der Waals surface area contributed by atoms with Gasteiger partial charge in [0.05, 0.1) is 16.1 Å². The first-order valence-corrected chi connectivity index (χ1v) is 6.69. The molecule has 20 heavy (non-hydrogen) atoms. The van der Waals surface area contributed by atoms with Gasteiger partial charge in [0.15, 0.2) is 0 Å². The molecule has 0 aliphatic rings. The van der Waals surface area contributed by atoms with Crippen molar-refractivity contribution in [3.63, 3.8) is 0 Å². The molecule has 3 rings (SSSR count). The van der Waals surface area contributed by atoms with Gasteiger partial charge in [-0.05, 0) is 43.3 Å². The fourth-order valence-corrected chi connectivity index (χ4v) is 2.61. The third-order valence-electron chi connectivity index (χ3n) is 3.26. The summed E-state index contributed by atoms with van der Waals surface area (Å²) in [5, 5.41) is 0.537. The SMILES string of the molecule is CCn1c(-c2ccc(N)cc2Cl)nc2ccc(F)cc21. The Balaban J connectivity index is 2.30. The van der Waals surface area contributed by atoms with E-state index in [1.54, 1.807) is 18.2 Å². The Bertz CT molecular complexity index is 795. The highest BCUT2D eigenvalue weighted by atomic mass is 35.5. The van der Waals surface area contributed by atoms with Crippen LogP contribution in [0.15, 0.2) is 36.4 Å². The Morgan fingerprint density at radius 3 is 2.75 bits per heavy atom. The lowest BCUT2D eigenvalue weighted by molar-refractivity contribution is 0.628. The fourth-order valence-electron chi connectivity index (χ4n) is 2.33. The third kappa shape index (κ3) is 2.02. The first-order valence-electron chi connectivity index (χ1n) is 6.31. The molecule has 102 valence electrons. The summed E-state index contributed by atoms with van der Waals surface area (Å²) in [5.41, 5.74) is 8.61. The first-order chi connectivity index (χ1) is 9.60. The van der Waals surface area contributed by atoms with Crippen LogP contribution in [0.25, 0.3) is 22.4 Å². The van der Waals surface area contributed by atoms with Gasteiger partial charge in [-0.3, -0.25) is 0 Å². The van der Waals surface area contributed by atoms with Crippen LogP contribution in [-0.2, 0) is 6.54 Å². The molecule has 0 saturated heterocycles. The molecule has 0 atom stereocenters. The number of nitrogens with two attached hydrogens (primary N) is 1. The van der Waals surface area contributed by atoms with Crippen molar-refractivity contribution < 1.29 is 4.39 Å². The first kappa shape index (κ1) is 12.9. The Labute approximate surface area is 120 Å². The van der Waals surface area contributed by atoms with E-state index in [0.29, 0.717) is 17.3 Å². The number of hydrogen-bond acceptors (Lipinski definition) is 2. The number of nitrogen functional groups attached to an aromatic ring is 1. The van der Waals surface area contributed by atoms with Crippen molar-refractivity contribution in [2.45, 2.75) is 13.5 Å². The molecule has 3 aromatic rings. The number of fused-ring (bicyclic) bond motifs is 1. The van der Waals surface area contributed by atoms with E-state index in [1.165, 1.54) is 12.1 Å². The largest absolute Gasteiger partial charge is 0.399 e. The maximum atomic E-state index is 13.4. The summed E-state index contributed by atoms with van der Waals surface area (Å²) in [7, 11) is 0. The van der Waals surface area contributed by atoms with Gasteiger partial charge in [0.2, 0.25) is 0 Å². The molecule has 0 saturated carbocycles. The molecule has 0 fully saturated rings. The van der Waals surface area contributed by atoms with Crippen LogP contribution in [0.3, 0.4) is 0 Å². The van der Waals surface area contributed by atoms with Gasteiger partial charge in [-0.1, -0.05) is 11.6 Å². The summed E-state index contributed by atoms with van der Waals surface area (Å²) in [6.07, 6.45) is 0. The van der Waals surface area contributed by atoms with Crippen molar-refractivity contribution in [3.05, 3.63) is 47.2 Å². The van der Waals surface area contributed by atoms with Gasteiger partial charge in [-0.25, -0.2) is 9.37 Å². The monoisotopic (exact) mass is 289 g/mol. The quantitative estimate of drug-likeness (QED) is 0.722. The van der Waals surface area contributed by atoms with E-state index in [-0.39, 0.29) is 5.82 Å². The number of rotatable bonds is 2. The highest BCUT2D eigenvalue weighted by molar-refractivity contribution is 6.33. The lowest BCUT2D eigenvalue weighted by Gasteiger charge is -2.08. The van der Waals surface area contributed by atoms with Crippen LogP contribution in [0.1, 0.15) is 6.92 Å². The van der Waals surface area contributed by atoms with Gasteiger partial charge in [0.25, 0.3) is 0 Å². The van der Waals surface area contributed by atoms with Gasteiger partial charge in [0.1, 0.15) is 11.6 Å². The van der Waals surface area contributed by atoms with Crippen molar-refractivity contribution in [2.75, 3.05) is 5.73 Å². The summed E-state index contributed by atoms with van der Waals surface area (Å²) in [6, 6.07) is 9.87. The number of aromatic nitrogens is 2. The van der Waals surface area contributed by atoms with Gasteiger partial charge in [-0.15, -0.1) is 0 Å². The molecule has 2 aromatic carbocycles. The van der Waals surface area contributed by atoms with Gasteiger partial charge in [-0.2, -0.15) is 0 Å². The van der Waals surface area contributed by atoms with Gasteiger partial charge < -0.3 is 10.3 Å². The van der Waals surface area contributed by atoms with Crippen LogP contribution >= 0.6 is 11.6 Å². The number of nitrogens with zero attached hydrogens (tertiary/aromatic N) is 2. The lowest BCUT2D eigenvalue weighted by Crippen LogP contribution is -1.98. The number of halogens is 2. The summed E-state index contributed by atoms with van der Waals surface area (Å²) in [5.74, 6) is 0.445. The smallest absolute Gasteiger partial charge is 0.142 e. The minimum atomic E-state index is -0.276. The van der Waals surface area contributed by atoms with Gasteiger partial charge in [0, 0.05) is 17.8 Å². The zero-order valence-corrected chi connectivity index (χ0v) is 11.7. The Morgan fingerprint density at radius 1 is 1.25 bits per heavy atom. The summed E-state index contributed by atoms with van der Waals surface area (Å²) in [4.78, 5) is 4.56. The van der Waals surface area contributed by atoms with E-state index in [2.05, 4.69) is 4.98 Å². The second-order valence-electron chi connectivity index (χ2n) is 4.55. The van der Waals surface area contributed by atoms with E-state index in [1.807, 2.05) is 17.6 Å². The predicted molar refractivity (Wildman–Crippen MR) is 80.2 cm³/mol. The van der Waals surface area contributed by atoms with Gasteiger partial charge >= 0.3 is 0 Å². The fraction of sp³-hybridized carbons (Fsp3) is 0.133. The van der Waals surface area contributed by atoms with Crippen LogP contribution in [0.2, 0.25) is 5.02 Å². The van der Waals surface area contributed by atoms with Crippen LogP contribution in [0.5, 0.6) is 0 Å². The average Bonchev–Trinajstić information content (AvgIpc) is 2.76. The van der Waals surface area contributed by atoms with E-state index in [4.69, 9.17) is 17.3 Å². The molecule has 0 aliphatic heterocycles. The van der Waals surface area contributed by atoms with E-state index >= 15 is 0 Å². The molecule has 3 nitrogen and oxygen atoms in total. The normalized spacial score (nSPS) is 11.2. The van der Waals surface area contributed by atoms with Crippen molar-refractivity contribution in [3.8, 4) is 11.4 Å². The maximum Gasteiger partial charge on any atom is 0.142 e. The topological polar surface area (TPSA) is 43.8 Å². The predicted octanol–water partition coefficient (Wildman–Crippen LogP) is 4.10. The highest BCUT2D eigenvalue weighted by Gasteiger charge is 2.14. The number of imidazole rings is 1. The summed E-state index contributed by atoms with van der Waals surface area (Å²) >= 11 is 6.24. The van der Waals surface area contributed by atoms with E-state index < -0.39 is 0 Å². The minimum absolute atomic E-state index is 0.276. The maximum absolute atomic E-state index is 13.4. The van der Waals surface area contributed by atoms with E-state index in [9.17, 15) is 4.39 Å². The zero-order chi connectivity index (χ0) is 14.3. The van der Waals surface area contributed by atoms with Crippen LogP contribution < -0.4 is 5.73 Å².